The normalized spacial score (nSPS) is 13.7. The van der Waals surface area contributed by atoms with Crippen molar-refractivity contribution in [3.8, 4) is 0 Å². The molecule has 0 atom stereocenters. The first-order valence-electron chi connectivity index (χ1n) is 7.95. The molecule has 1 saturated carbocycles. The Morgan fingerprint density at radius 2 is 2.08 bits per heavy atom. The Hall–Kier alpha value is -2.40. The summed E-state index contributed by atoms with van der Waals surface area (Å²) in [5.74, 6) is -0.0549. The molecule has 8 nitrogen and oxygen atoms in total. The van der Waals surface area contributed by atoms with Crippen molar-refractivity contribution in [1.82, 2.24) is 35.7 Å². The van der Waals surface area contributed by atoms with Crippen LogP contribution in [0.15, 0.2) is 29.4 Å². The Morgan fingerprint density at radius 1 is 1.27 bits per heavy atom. The zero-order valence-corrected chi connectivity index (χ0v) is 15.1. The maximum Gasteiger partial charge on any atom is 0.282 e. The maximum absolute atomic E-state index is 12.9. The first-order chi connectivity index (χ1) is 12.7. The summed E-state index contributed by atoms with van der Waals surface area (Å²) in [5.41, 5.74) is 0.812. The van der Waals surface area contributed by atoms with Crippen LogP contribution in [0.5, 0.6) is 0 Å². The van der Waals surface area contributed by atoms with E-state index >= 15 is 0 Å². The van der Waals surface area contributed by atoms with Crippen LogP contribution < -0.4 is 5.32 Å². The van der Waals surface area contributed by atoms with E-state index in [1.54, 1.807) is 12.1 Å². The highest BCUT2D eigenvalue weighted by Gasteiger charge is 2.28. The Kier molecular flexibility index (Phi) is 4.89. The molecule has 0 radical (unpaired) electrons. The summed E-state index contributed by atoms with van der Waals surface area (Å²) in [5, 5.41) is 24.2. The van der Waals surface area contributed by atoms with E-state index in [9.17, 15) is 9.18 Å². The number of rotatable bonds is 7. The number of carbonyl (C=O) groups excluding carboxylic acids is 1. The van der Waals surface area contributed by atoms with E-state index in [4.69, 9.17) is 0 Å². The molecule has 0 saturated heterocycles. The number of aromatic nitrogens is 6. The molecule has 2 heterocycles. The third-order valence-electron chi connectivity index (χ3n) is 3.71. The number of halogens is 1. The lowest BCUT2D eigenvalue weighted by Crippen LogP contribution is -2.22. The second kappa shape index (κ2) is 7.46. The molecule has 0 spiro atoms. The number of nitrogens with one attached hydrogen (secondary N) is 1. The van der Waals surface area contributed by atoms with Crippen molar-refractivity contribution in [3.63, 3.8) is 0 Å². The van der Waals surface area contributed by atoms with Crippen LogP contribution >= 0.6 is 23.1 Å². The van der Waals surface area contributed by atoms with Gasteiger partial charge in [-0.15, -0.1) is 15.3 Å². The van der Waals surface area contributed by atoms with Gasteiger partial charge in [-0.25, -0.2) is 9.07 Å². The lowest BCUT2D eigenvalue weighted by atomic mass is 10.2. The van der Waals surface area contributed by atoms with Gasteiger partial charge in [0, 0.05) is 6.54 Å². The molecule has 1 amide bonds. The van der Waals surface area contributed by atoms with Gasteiger partial charge < -0.3 is 5.32 Å². The van der Waals surface area contributed by atoms with Crippen molar-refractivity contribution in [3.05, 3.63) is 45.7 Å². The zero-order chi connectivity index (χ0) is 17.9. The fourth-order valence-electron chi connectivity index (χ4n) is 2.22. The molecule has 1 N–H and O–H groups in total. The third-order valence-corrected chi connectivity index (χ3v) is 5.76. The van der Waals surface area contributed by atoms with Gasteiger partial charge in [0.15, 0.2) is 0 Å². The molecule has 3 aromatic rings. The molecule has 1 aliphatic rings. The van der Waals surface area contributed by atoms with Crippen LogP contribution in [0.4, 0.5) is 4.39 Å². The molecule has 0 unspecified atom stereocenters. The monoisotopic (exact) mass is 391 g/mol. The smallest absolute Gasteiger partial charge is 0.282 e. The number of carbonyl (C=O) groups is 1. The predicted molar refractivity (Wildman–Crippen MR) is 93.1 cm³/mol. The lowest BCUT2D eigenvalue weighted by molar-refractivity contribution is 0.0950. The molecule has 4 rings (SSSR count). The maximum atomic E-state index is 12.9. The van der Waals surface area contributed by atoms with E-state index < -0.39 is 0 Å². The summed E-state index contributed by atoms with van der Waals surface area (Å²) < 4.78 is 14.7. The van der Waals surface area contributed by atoms with Crippen molar-refractivity contribution < 1.29 is 9.18 Å². The van der Waals surface area contributed by atoms with Crippen LogP contribution in [0.3, 0.4) is 0 Å². The highest BCUT2D eigenvalue weighted by Crippen LogP contribution is 2.37. The number of hydrogen-bond acceptors (Lipinski definition) is 8. The lowest BCUT2D eigenvalue weighted by Gasteiger charge is -2.02. The number of nitrogens with zero attached hydrogens (tertiary/aromatic N) is 6. The van der Waals surface area contributed by atoms with Crippen LogP contribution in [0.25, 0.3) is 0 Å². The van der Waals surface area contributed by atoms with Gasteiger partial charge in [0.25, 0.3) is 5.91 Å². The van der Waals surface area contributed by atoms with E-state index in [1.165, 1.54) is 35.2 Å². The molecule has 26 heavy (non-hydrogen) atoms. The average molecular weight is 391 g/mol. The van der Waals surface area contributed by atoms with Gasteiger partial charge in [-0.1, -0.05) is 35.2 Å². The summed E-state index contributed by atoms with van der Waals surface area (Å²) in [6.07, 6.45) is 2.21. The van der Waals surface area contributed by atoms with Crippen molar-refractivity contribution in [2.75, 3.05) is 0 Å². The van der Waals surface area contributed by atoms with Crippen LogP contribution in [0, 0.1) is 5.82 Å². The molecule has 1 aromatic carbocycles. The molecule has 11 heteroatoms. The van der Waals surface area contributed by atoms with Crippen molar-refractivity contribution in [2.45, 2.75) is 36.3 Å². The standard InChI is InChI=1S/C15H14FN7OS2/c16-10-3-1-9(2-4-10)7-17-13(24)14-19-18-12(26-14)8-25-15-20-21-22-23(15)11-5-6-11/h1-4,11H,5-8H2,(H,17,24). The Labute approximate surface area is 156 Å². The molecule has 0 bridgehead atoms. The summed E-state index contributed by atoms with van der Waals surface area (Å²) in [6, 6.07) is 6.38. The molecular formula is C15H14FN7OS2. The van der Waals surface area contributed by atoms with Gasteiger partial charge in [-0.05, 0) is 41.0 Å². The fourth-order valence-corrected chi connectivity index (χ4v) is 3.91. The van der Waals surface area contributed by atoms with Gasteiger partial charge in [0.1, 0.15) is 10.8 Å². The van der Waals surface area contributed by atoms with Gasteiger partial charge >= 0.3 is 0 Å². The van der Waals surface area contributed by atoms with Crippen molar-refractivity contribution >= 4 is 29.0 Å². The van der Waals surface area contributed by atoms with E-state index in [0.29, 0.717) is 23.3 Å². The molecule has 0 aliphatic heterocycles. The van der Waals surface area contributed by atoms with Gasteiger partial charge in [0.05, 0.1) is 11.8 Å². The van der Waals surface area contributed by atoms with Crippen molar-refractivity contribution in [1.29, 1.82) is 0 Å². The number of tetrazole rings is 1. The summed E-state index contributed by atoms with van der Waals surface area (Å²) in [7, 11) is 0. The molecule has 134 valence electrons. The van der Waals surface area contributed by atoms with E-state index in [0.717, 1.165) is 28.6 Å². The first kappa shape index (κ1) is 17.0. The first-order valence-corrected chi connectivity index (χ1v) is 9.75. The molecule has 1 fully saturated rings. The van der Waals surface area contributed by atoms with Crippen molar-refractivity contribution in [2.24, 2.45) is 0 Å². The number of benzene rings is 1. The largest absolute Gasteiger partial charge is 0.346 e. The third kappa shape index (κ3) is 4.05. The van der Waals surface area contributed by atoms with Gasteiger partial charge in [0.2, 0.25) is 10.2 Å². The summed E-state index contributed by atoms with van der Waals surface area (Å²) >= 11 is 2.72. The summed E-state index contributed by atoms with van der Waals surface area (Å²) in [6.45, 7) is 0.305. The minimum absolute atomic E-state index is 0.296. The molecule has 1 aliphatic carbocycles. The second-order valence-corrected chi connectivity index (χ2v) is 7.74. The van der Waals surface area contributed by atoms with Crippen LogP contribution in [0.1, 0.15) is 39.3 Å². The molecular weight excluding hydrogens is 377 g/mol. The SMILES string of the molecule is O=C(NCc1ccc(F)cc1)c1nnc(CSc2nnnn2C2CC2)s1. The quantitative estimate of drug-likeness (QED) is 0.617. The number of hydrogen-bond donors (Lipinski definition) is 1. The highest BCUT2D eigenvalue weighted by molar-refractivity contribution is 7.98. The van der Waals surface area contributed by atoms with Gasteiger partial charge in [-0.3, -0.25) is 4.79 Å². The van der Waals surface area contributed by atoms with Crippen LogP contribution in [0.2, 0.25) is 0 Å². The molecule has 2 aromatic heterocycles. The number of amides is 1. The number of thioether (sulfide) groups is 1. The fraction of sp³-hybridized carbons (Fsp3) is 0.333. The van der Waals surface area contributed by atoms with E-state index in [-0.39, 0.29) is 11.7 Å². The highest BCUT2D eigenvalue weighted by atomic mass is 32.2. The minimum atomic E-state index is -0.306. The van der Waals surface area contributed by atoms with Crippen LogP contribution in [-0.2, 0) is 12.3 Å². The van der Waals surface area contributed by atoms with E-state index in [1.807, 2.05) is 4.68 Å². The Morgan fingerprint density at radius 3 is 2.85 bits per heavy atom. The minimum Gasteiger partial charge on any atom is -0.346 e. The topological polar surface area (TPSA) is 98.5 Å². The van der Waals surface area contributed by atoms with Crippen LogP contribution in [-0.4, -0.2) is 36.3 Å². The Bertz CT molecular complexity index is 907. The Balaban J connectivity index is 1.31. The predicted octanol–water partition coefficient (Wildman–Crippen LogP) is 2.22. The van der Waals surface area contributed by atoms with E-state index in [2.05, 4.69) is 31.0 Å². The average Bonchev–Trinajstić information content (AvgIpc) is 3.19. The summed E-state index contributed by atoms with van der Waals surface area (Å²) in [4.78, 5) is 12.2. The zero-order valence-electron chi connectivity index (χ0n) is 13.5. The van der Waals surface area contributed by atoms with Gasteiger partial charge in [-0.2, -0.15) is 0 Å². The second-order valence-electron chi connectivity index (χ2n) is 5.74.